The lowest BCUT2D eigenvalue weighted by molar-refractivity contribution is -0.149. The number of carbonyl (C=O) groups is 2. The number of rotatable bonds is 5. The fourth-order valence-electron chi connectivity index (χ4n) is 3.08. The highest BCUT2D eigenvalue weighted by molar-refractivity contribution is 7.14. The van der Waals surface area contributed by atoms with Crippen LogP contribution in [0.5, 0.6) is 0 Å². The van der Waals surface area contributed by atoms with Crippen LogP contribution in [-0.2, 0) is 20.9 Å². The maximum absolute atomic E-state index is 12.1. The molecule has 0 aliphatic heterocycles. The Hall–Kier alpha value is -2.21. The molecule has 0 radical (unpaired) electrons. The Morgan fingerprint density at radius 3 is 2.76 bits per heavy atom. The zero-order valence-corrected chi connectivity index (χ0v) is 15.3. The molecule has 6 heteroatoms. The predicted octanol–water partition coefficient (Wildman–Crippen LogP) is 4.37. The molecule has 0 spiro atoms. The van der Waals surface area contributed by atoms with E-state index in [1.54, 1.807) is 4.90 Å². The van der Waals surface area contributed by atoms with Gasteiger partial charge in [0.1, 0.15) is 6.61 Å². The molecule has 2 aromatic rings. The fourth-order valence-corrected chi connectivity index (χ4v) is 3.96. The lowest BCUT2D eigenvalue weighted by Gasteiger charge is -2.18. The van der Waals surface area contributed by atoms with Crippen LogP contribution in [0, 0.1) is 12.8 Å². The van der Waals surface area contributed by atoms with E-state index in [0.717, 1.165) is 36.9 Å². The van der Waals surface area contributed by atoms with E-state index in [-0.39, 0.29) is 24.4 Å². The van der Waals surface area contributed by atoms with Gasteiger partial charge in [0.05, 0.1) is 17.3 Å². The number of aromatic nitrogens is 1. The number of benzene rings is 1. The van der Waals surface area contributed by atoms with E-state index in [4.69, 9.17) is 4.74 Å². The number of hydrogen-bond acceptors (Lipinski definition) is 5. The van der Waals surface area contributed by atoms with Crippen LogP contribution in [0.1, 0.15) is 43.9 Å². The largest absolute Gasteiger partial charge is 0.459 e. The Morgan fingerprint density at radius 2 is 2.08 bits per heavy atom. The first kappa shape index (κ1) is 17.6. The maximum Gasteiger partial charge on any atom is 0.309 e. The van der Waals surface area contributed by atoms with Crippen molar-refractivity contribution in [2.24, 2.45) is 5.92 Å². The van der Waals surface area contributed by atoms with E-state index in [1.807, 2.05) is 36.6 Å². The molecule has 132 valence electrons. The molecule has 1 aromatic heterocycles. The van der Waals surface area contributed by atoms with Crippen molar-refractivity contribution in [2.45, 2.75) is 46.1 Å². The summed E-state index contributed by atoms with van der Waals surface area (Å²) in [4.78, 5) is 30.2. The molecule has 1 aliphatic carbocycles. The molecular formula is C19H22N2O3S. The van der Waals surface area contributed by atoms with Crippen molar-refractivity contribution in [1.82, 2.24) is 4.98 Å². The lowest BCUT2D eigenvalue weighted by Crippen LogP contribution is -2.22. The van der Waals surface area contributed by atoms with Crippen molar-refractivity contribution in [3.8, 4) is 0 Å². The molecule has 0 N–H and O–H groups in total. The van der Waals surface area contributed by atoms with Gasteiger partial charge in [-0.25, -0.2) is 4.98 Å². The second kappa shape index (κ2) is 7.78. The number of carbonyl (C=O) groups excluding carboxylic acids is 2. The molecule has 1 aromatic carbocycles. The first-order valence-corrected chi connectivity index (χ1v) is 9.41. The maximum atomic E-state index is 12.1. The van der Waals surface area contributed by atoms with E-state index in [2.05, 4.69) is 4.98 Å². The quantitative estimate of drug-likeness (QED) is 0.745. The number of ether oxygens (including phenoxy) is 1. The van der Waals surface area contributed by atoms with Gasteiger partial charge >= 0.3 is 5.97 Å². The van der Waals surface area contributed by atoms with Gasteiger partial charge in [0, 0.05) is 12.3 Å². The molecule has 3 rings (SSSR count). The minimum atomic E-state index is -0.130. The molecule has 1 fully saturated rings. The minimum absolute atomic E-state index is 0.0409. The first-order chi connectivity index (χ1) is 12.0. The third kappa shape index (κ3) is 4.25. The van der Waals surface area contributed by atoms with Gasteiger partial charge in [-0.05, 0) is 37.5 Å². The highest BCUT2D eigenvalue weighted by atomic mass is 32.1. The van der Waals surface area contributed by atoms with Crippen molar-refractivity contribution in [3.05, 3.63) is 40.9 Å². The number of thiazole rings is 1. The van der Waals surface area contributed by atoms with Gasteiger partial charge in [0.25, 0.3) is 0 Å². The van der Waals surface area contributed by atoms with Crippen LogP contribution < -0.4 is 4.90 Å². The van der Waals surface area contributed by atoms with E-state index < -0.39 is 0 Å². The average Bonchev–Trinajstić information content (AvgIpc) is 3.25. The third-order valence-electron chi connectivity index (χ3n) is 4.36. The molecule has 1 aliphatic rings. The summed E-state index contributed by atoms with van der Waals surface area (Å²) in [7, 11) is 0. The standard InChI is InChI=1S/C19H22N2O3S/c1-13-6-5-9-17(10-13)21(14(2)22)19-20-16(12-25-19)11-24-18(23)15-7-3-4-8-15/h5-6,9-10,12,15H,3-4,7-8,11H2,1-2H3. The number of hydrogen-bond donors (Lipinski definition) is 0. The van der Waals surface area contributed by atoms with Crippen LogP contribution in [-0.4, -0.2) is 16.9 Å². The molecule has 1 amide bonds. The van der Waals surface area contributed by atoms with Crippen LogP contribution in [0.25, 0.3) is 0 Å². The second-order valence-electron chi connectivity index (χ2n) is 6.40. The Balaban J connectivity index is 1.70. The summed E-state index contributed by atoms with van der Waals surface area (Å²) in [6.07, 6.45) is 4.05. The van der Waals surface area contributed by atoms with Gasteiger partial charge in [-0.2, -0.15) is 0 Å². The first-order valence-electron chi connectivity index (χ1n) is 8.53. The van der Waals surface area contributed by atoms with E-state index in [9.17, 15) is 9.59 Å². The number of amides is 1. The summed E-state index contributed by atoms with van der Waals surface area (Å²) in [6, 6.07) is 7.73. The Labute approximate surface area is 151 Å². The van der Waals surface area contributed by atoms with E-state index in [1.165, 1.54) is 18.3 Å². The van der Waals surface area contributed by atoms with Crippen LogP contribution in [0.2, 0.25) is 0 Å². The number of anilines is 2. The summed E-state index contributed by atoms with van der Waals surface area (Å²) in [5.41, 5.74) is 2.53. The van der Waals surface area contributed by atoms with Crippen molar-refractivity contribution >= 4 is 34.0 Å². The predicted molar refractivity (Wildman–Crippen MR) is 97.9 cm³/mol. The van der Waals surface area contributed by atoms with Gasteiger partial charge in [-0.3, -0.25) is 14.5 Å². The number of nitrogens with zero attached hydrogens (tertiary/aromatic N) is 2. The molecular weight excluding hydrogens is 336 g/mol. The highest BCUT2D eigenvalue weighted by Gasteiger charge is 2.24. The van der Waals surface area contributed by atoms with Crippen LogP contribution in [0.3, 0.4) is 0 Å². The van der Waals surface area contributed by atoms with Crippen molar-refractivity contribution in [1.29, 1.82) is 0 Å². The van der Waals surface area contributed by atoms with Crippen LogP contribution in [0.15, 0.2) is 29.6 Å². The summed E-state index contributed by atoms with van der Waals surface area (Å²) in [5.74, 6) is -0.192. The second-order valence-corrected chi connectivity index (χ2v) is 7.24. The van der Waals surface area contributed by atoms with Gasteiger partial charge in [-0.1, -0.05) is 25.0 Å². The van der Waals surface area contributed by atoms with Gasteiger partial charge in [0.15, 0.2) is 5.13 Å². The topological polar surface area (TPSA) is 59.5 Å². The van der Waals surface area contributed by atoms with Gasteiger partial charge in [-0.15, -0.1) is 11.3 Å². The Kier molecular flexibility index (Phi) is 5.48. The highest BCUT2D eigenvalue weighted by Crippen LogP contribution is 2.30. The molecule has 1 heterocycles. The number of esters is 1. The minimum Gasteiger partial charge on any atom is -0.459 e. The summed E-state index contributed by atoms with van der Waals surface area (Å²) >= 11 is 1.37. The summed E-state index contributed by atoms with van der Waals surface area (Å²) < 4.78 is 5.39. The normalized spacial score (nSPS) is 14.5. The summed E-state index contributed by atoms with van der Waals surface area (Å²) in [5, 5.41) is 2.42. The van der Waals surface area contributed by atoms with Crippen molar-refractivity contribution < 1.29 is 14.3 Å². The van der Waals surface area contributed by atoms with Crippen molar-refractivity contribution in [2.75, 3.05) is 4.90 Å². The smallest absolute Gasteiger partial charge is 0.309 e. The summed E-state index contributed by atoms with van der Waals surface area (Å²) in [6.45, 7) is 3.66. The monoisotopic (exact) mass is 358 g/mol. The zero-order valence-electron chi connectivity index (χ0n) is 14.5. The molecule has 0 unspecified atom stereocenters. The molecule has 1 saturated carbocycles. The Morgan fingerprint density at radius 1 is 1.32 bits per heavy atom. The van der Waals surface area contributed by atoms with Gasteiger partial charge < -0.3 is 4.74 Å². The SMILES string of the molecule is CC(=O)N(c1cccc(C)c1)c1nc(COC(=O)C2CCCC2)cs1. The lowest BCUT2D eigenvalue weighted by atomic mass is 10.1. The third-order valence-corrected chi connectivity index (χ3v) is 5.23. The number of aryl methyl sites for hydroxylation is 1. The van der Waals surface area contributed by atoms with E-state index >= 15 is 0 Å². The average molecular weight is 358 g/mol. The van der Waals surface area contributed by atoms with Gasteiger partial charge in [0.2, 0.25) is 5.91 Å². The van der Waals surface area contributed by atoms with Crippen molar-refractivity contribution in [3.63, 3.8) is 0 Å². The Bertz CT molecular complexity index is 766. The molecule has 5 nitrogen and oxygen atoms in total. The van der Waals surface area contributed by atoms with Crippen LogP contribution in [0.4, 0.5) is 10.8 Å². The van der Waals surface area contributed by atoms with Crippen LogP contribution >= 0.6 is 11.3 Å². The molecule has 0 bridgehead atoms. The zero-order chi connectivity index (χ0) is 17.8. The molecule has 25 heavy (non-hydrogen) atoms. The molecule has 0 atom stereocenters. The molecule has 0 saturated heterocycles. The fraction of sp³-hybridized carbons (Fsp3) is 0.421. The van der Waals surface area contributed by atoms with E-state index in [0.29, 0.717) is 10.8 Å².